The molecule has 0 saturated carbocycles. The molecule has 3 nitrogen and oxygen atoms in total. The lowest BCUT2D eigenvalue weighted by atomic mass is 10.1. The summed E-state index contributed by atoms with van der Waals surface area (Å²) in [5.41, 5.74) is 6.43. The molecule has 0 amide bonds. The van der Waals surface area contributed by atoms with E-state index in [1.807, 2.05) is 24.3 Å². The Morgan fingerprint density at radius 1 is 1.50 bits per heavy atom. The van der Waals surface area contributed by atoms with Gasteiger partial charge in [0, 0.05) is 12.5 Å². The SMILES string of the molecule is NC(=S)c1ccccc1OCC1CCOC1. The molecule has 16 heavy (non-hydrogen) atoms. The summed E-state index contributed by atoms with van der Waals surface area (Å²) in [5.74, 6) is 1.25. The van der Waals surface area contributed by atoms with E-state index in [9.17, 15) is 0 Å². The normalized spacial score (nSPS) is 19.6. The second-order valence-electron chi connectivity index (χ2n) is 3.90. The fraction of sp³-hybridized carbons (Fsp3) is 0.417. The van der Waals surface area contributed by atoms with Crippen LogP contribution in [0, 0.1) is 5.92 Å². The molecule has 1 aliphatic rings. The minimum absolute atomic E-state index is 0.373. The predicted molar refractivity (Wildman–Crippen MR) is 66.8 cm³/mol. The number of thiocarbonyl (C=S) groups is 1. The molecule has 0 spiro atoms. The van der Waals surface area contributed by atoms with Crippen LogP contribution in [0.1, 0.15) is 12.0 Å². The number of hydrogen-bond donors (Lipinski definition) is 1. The molecule has 0 aromatic heterocycles. The molecule has 0 radical (unpaired) electrons. The van der Waals surface area contributed by atoms with E-state index in [1.165, 1.54) is 0 Å². The maximum Gasteiger partial charge on any atom is 0.129 e. The third-order valence-corrected chi connectivity index (χ3v) is 2.87. The van der Waals surface area contributed by atoms with Crippen LogP contribution < -0.4 is 10.5 Å². The fourth-order valence-electron chi connectivity index (χ4n) is 1.72. The number of benzene rings is 1. The van der Waals surface area contributed by atoms with Crippen LogP contribution >= 0.6 is 12.2 Å². The molecule has 2 N–H and O–H groups in total. The van der Waals surface area contributed by atoms with Gasteiger partial charge in [-0.05, 0) is 18.6 Å². The van der Waals surface area contributed by atoms with Gasteiger partial charge in [0.1, 0.15) is 10.7 Å². The van der Waals surface area contributed by atoms with Crippen molar-refractivity contribution in [3.63, 3.8) is 0 Å². The minimum Gasteiger partial charge on any atom is -0.492 e. The summed E-state index contributed by atoms with van der Waals surface area (Å²) in [6.07, 6.45) is 1.06. The average Bonchev–Trinajstić information content (AvgIpc) is 2.79. The van der Waals surface area contributed by atoms with Crippen molar-refractivity contribution in [3.8, 4) is 5.75 Å². The number of hydrogen-bond acceptors (Lipinski definition) is 3. The van der Waals surface area contributed by atoms with Crippen LogP contribution in [0.4, 0.5) is 0 Å². The predicted octanol–water partition coefficient (Wildman–Crippen LogP) is 1.74. The Balaban J connectivity index is 2.00. The molecule has 1 atom stereocenters. The second kappa shape index (κ2) is 5.27. The summed E-state index contributed by atoms with van der Waals surface area (Å²) < 4.78 is 11.0. The van der Waals surface area contributed by atoms with E-state index >= 15 is 0 Å². The van der Waals surface area contributed by atoms with Gasteiger partial charge in [-0.25, -0.2) is 0 Å². The van der Waals surface area contributed by atoms with Crippen LogP contribution in [0.2, 0.25) is 0 Å². The van der Waals surface area contributed by atoms with E-state index in [2.05, 4.69) is 0 Å². The first-order valence-corrected chi connectivity index (χ1v) is 5.77. The maximum absolute atomic E-state index is 5.73. The van der Waals surface area contributed by atoms with Crippen LogP contribution in [-0.4, -0.2) is 24.8 Å². The van der Waals surface area contributed by atoms with Crippen molar-refractivity contribution in [2.75, 3.05) is 19.8 Å². The number of rotatable bonds is 4. The molecule has 1 heterocycles. The molecule has 4 heteroatoms. The largest absolute Gasteiger partial charge is 0.492 e. The zero-order chi connectivity index (χ0) is 11.4. The number of nitrogens with two attached hydrogens (primary N) is 1. The lowest BCUT2D eigenvalue weighted by Gasteiger charge is -2.13. The summed E-state index contributed by atoms with van der Waals surface area (Å²) in [6.45, 7) is 2.29. The van der Waals surface area contributed by atoms with E-state index in [0.29, 0.717) is 17.5 Å². The highest BCUT2D eigenvalue weighted by molar-refractivity contribution is 7.80. The third-order valence-electron chi connectivity index (χ3n) is 2.65. The molecule has 1 aromatic rings. The monoisotopic (exact) mass is 237 g/mol. The Labute approximate surface area is 101 Å². The van der Waals surface area contributed by atoms with Crippen LogP contribution in [0.25, 0.3) is 0 Å². The van der Waals surface area contributed by atoms with Gasteiger partial charge in [0.2, 0.25) is 0 Å². The Hall–Kier alpha value is -1.13. The summed E-state index contributed by atoms with van der Waals surface area (Å²) in [6, 6.07) is 7.59. The van der Waals surface area contributed by atoms with E-state index in [-0.39, 0.29) is 0 Å². The van der Waals surface area contributed by atoms with E-state index in [4.69, 9.17) is 27.4 Å². The van der Waals surface area contributed by atoms with E-state index in [0.717, 1.165) is 30.9 Å². The van der Waals surface area contributed by atoms with Crippen LogP contribution in [-0.2, 0) is 4.74 Å². The molecule has 1 aromatic carbocycles. The molecule has 0 bridgehead atoms. The van der Waals surface area contributed by atoms with Crippen molar-refractivity contribution in [1.82, 2.24) is 0 Å². The lowest BCUT2D eigenvalue weighted by Crippen LogP contribution is -2.15. The third kappa shape index (κ3) is 2.71. The Bertz CT molecular complexity index is 375. The van der Waals surface area contributed by atoms with Crippen LogP contribution in [0.5, 0.6) is 5.75 Å². The maximum atomic E-state index is 5.73. The van der Waals surface area contributed by atoms with Crippen molar-refractivity contribution in [3.05, 3.63) is 29.8 Å². The van der Waals surface area contributed by atoms with Gasteiger partial charge in [0.15, 0.2) is 0 Å². The summed E-state index contributed by atoms with van der Waals surface area (Å²) in [4.78, 5) is 0.373. The Morgan fingerprint density at radius 2 is 2.31 bits per heavy atom. The molecule has 1 saturated heterocycles. The minimum atomic E-state index is 0.373. The highest BCUT2D eigenvalue weighted by atomic mass is 32.1. The first-order chi connectivity index (χ1) is 7.77. The summed E-state index contributed by atoms with van der Waals surface area (Å²) in [5, 5.41) is 0. The van der Waals surface area contributed by atoms with Crippen molar-refractivity contribution < 1.29 is 9.47 Å². The fourth-order valence-corrected chi connectivity index (χ4v) is 1.89. The quantitative estimate of drug-likeness (QED) is 0.810. The molecule has 0 aliphatic carbocycles. The molecule has 1 unspecified atom stereocenters. The number of para-hydroxylation sites is 1. The second-order valence-corrected chi connectivity index (χ2v) is 4.34. The van der Waals surface area contributed by atoms with Crippen molar-refractivity contribution in [2.45, 2.75) is 6.42 Å². The van der Waals surface area contributed by atoms with Gasteiger partial charge in [-0.2, -0.15) is 0 Å². The molecule has 86 valence electrons. The van der Waals surface area contributed by atoms with Crippen molar-refractivity contribution in [2.24, 2.45) is 11.7 Å². The van der Waals surface area contributed by atoms with E-state index in [1.54, 1.807) is 0 Å². The van der Waals surface area contributed by atoms with Gasteiger partial charge >= 0.3 is 0 Å². The van der Waals surface area contributed by atoms with Gasteiger partial charge in [-0.15, -0.1) is 0 Å². The van der Waals surface area contributed by atoms with Crippen LogP contribution in [0.3, 0.4) is 0 Å². The molecule has 1 aliphatic heterocycles. The van der Waals surface area contributed by atoms with Gasteiger partial charge in [-0.3, -0.25) is 0 Å². The van der Waals surface area contributed by atoms with Gasteiger partial charge in [0.05, 0.1) is 18.8 Å². The Kier molecular flexibility index (Phi) is 3.74. The Morgan fingerprint density at radius 3 is 3.00 bits per heavy atom. The van der Waals surface area contributed by atoms with Gasteiger partial charge in [-0.1, -0.05) is 24.4 Å². The van der Waals surface area contributed by atoms with E-state index < -0.39 is 0 Å². The topological polar surface area (TPSA) is 44.5 Å². The van der Waals surface area contributed by atoms with Crippen molar-refractivity contribution >= 4 is 17.2 Å². The molecular formula is C12H15NO2S. The van der Waals surface area contributed by atoms with Gasteiger partial charge in [0.25, 0.3) is 0 Å². The molecule has 1 fully saturated rings. The number of ether oxygens (including phenoxy) is 2. The smallest absolute Gasteiger partial charge is 0.129 e. The summed E-state index contributed by atoms with van der Waals surface area (Å²) >= 11 is 4.97. The van der Waals surface area contributed by atoms with Gasteiger partial charge < -0.3 is 15.2 Å². The first-order valence-electron chi connectivity index (χ1n) is 5.37. The summed E-state index contributed by atoms with van der Waals surface area (Å²) in [7, 11) is 0. The standard InChI is InChI=1S/C12H15NO2S/c13-12(16)10-3-1-2-4-11(10)15-8-9-5-6-14-7-9/h1-4,9H,5-8H2,(H2,13,16). The zero-order valence-corrected chi connectivity index (χ0v) is 9.83. The molecular weight excluding hydrogens is 222 g/mol. The van der Waals surface area contributed by atoms with Crippen molar-refractivity contribution in [1.29, 1.82) is 0 Å². The average molecular weight is 237 g/mol. The zero-order valence-electron chi connectivity index (χ0n) is 9.02. The van der Waals surface area contributed by atoms with Crippen LogP contribution in [0.15, 0.2) is 24.3 Å². The first kappa shape index (κ1) is 11.4. The molecule has 2 rings (SSSR count). The highest BCUT2D eigenvalue weighted by Gasteiger charge is 2.17. The highest BCUT2D eigenvalue weighted by Crippen LogP contribution is 2.20. The lowest BCUT2D eigenvalue weighted by molar-refractivity contribution is 0.167.